The zero-order valence-electron chi connectivity index (χ0n) is 7.15. The molecule has 0 aliphatic carbocycles. The number of hydrogen-bond donors (Lipinski definition) is 3. The molecule has 0 fully saturated rings. The monoisotopic (exact) mass is 208 g/mol. The number of rotatable bonds is 5. The zero-order chi connectivity index (χ0) is 10.5. The molecule has 0 saturated heterocycles. The highest BCUT2D eigenvalue weighted by Crippen LogP contribution is 1.86. The Balaban J connectivity index is 3.81. The van der Waals surface area contributed by atoms with Crippen LogP contribution >= 0.6 is 0 Å². The lowest BCUT2D eigenvalue weighted by Gasteiger charge is -1.99. The second-order valence-electron chi connectivity index (χ2n) is 2.43. The minimum atomic E-state index is -3.95. The molecule has 0 aromatic rings. The summed E-state index contributed by atoms with van der Waals surface area (Å²) in [5.74, 6) is -0.991. The highest BCUT2D eigenvalue weighted by Gasteiger charge is 2.02. The van der Waals surface area contributed by atoms with Crippen LogP contribution in [0.3, 0.4) is 0 Å². The van der Waals surface area contributed by atoms with Crippen LogP contribution < -0.4 is 11.1 Å². The molecule has 0 saturated carbocycles. The lowest BCUT2D eigenvalue weighted by molar-refractivity contribution is -0.114. The van der Waals surface area contributed by atoms with Crippen molar-refractivity contribution in [2.24, 2.45) is 5.73 Å². The summed E-state index contributed by atoms with van der Waals surface area (Å²) in [5.41, 5.74) is 5.18. The Morgan fingerprint density at radius 3 is 2.54 bits per heavy atom. The molecule has 4 N–H and O–H groups in total. The first-order valence-electron chi connectivity index (χ1n) is 3.48. The highest BCUT2D eigenvalue weighted by atomic mass is 32.2. The number of carbonyl (C=O) groups is 1. The van der Waals surface area contributed by atoms with Gasteiger partial charge in [-0.15, -0.1) is 0 Å². The predicted molar refractivity (Wildman–Crippen MR) is 47.4 cm³/mol. The Kier molecular flexibility index (Phi) is 4.43. The summed E-state index contributed by atoms with van der Waals surface area (Å²) in [5, 5.41) is 2.52. The van der Waals surface area contributed by atoms with Gasteiger partial charge in [-0.25, -0.2) is 0 Å². The molecular weight excluding hydrogens is 196 g/mol. The van der Waals surface area contributed by atoms with Crippen LogP contribution in [-0.4, -0.2) is 31.2 Å². The molecule has 0 aromatic heterocycles. The van der Waals surface area contributed by atoms with Gasteiger partial charge in [0.25, 0.3) is 10.1 Å². The molecule has 0 spiro atoms. The van der Waals surface area contributed by atoms with Gasteiger partial charge in [0, 0.05) is 18.3 Å². The predicted octanol–water partition coefficient (Wildman–Crippen LogP) is -1.15. The quantitative estimate of drug-likeness (QED) is 0.300. The van der Waals surface area contributed by atoms with Crippen LogP contribution in [0.2, 0.25) is 0 Å². The molecule has 1 amide bonds. The average molecular weight is 208 g/mol. The first-order chi connectivity index (χ1) is 5.83. The van der Waals surface area contributed by atoms with Gasteiger partial charge in [-0.05, 0) is 6.92 Å². The van der Waals surface area contributed by atoms with Crippen molar-refractivity contribution in [3.8, 4) is 0 Å². The fourth-order valence-electron chi connectivity index (χ4n) is 0.484. The van der Waals surface area contributed by atoms with Gasteiger partial charge in [0.05, 0.1) is 5.75 Å². The van der Waals surface area contributed by atoms with Crippen LogP contribution in [0.1, 0.15) is 6.92 Å². The lowest BCUT2D eigenvalue weighted by atomic mass is 10.3. The number of amides is 1. The number of nitrogens with two attached hydrogens (primary N) is 1. The maximum Gasteiger partial charge on any atom is 0.266 e. The Morgan fingerprint density at radius 1 is 1.62 bits per heavy atom. The first-order valence-corrected chi connectivity index (χ1v) is 5.09. The number of primary amides is 1. The van der Waals surface area contributed by atoms with Crippen molar-refractivity contribution in [3.05, 3.63) is 11.8 Å². The Labute approximate surface area is 76.6 Å². The molecule has 0 bridgehead atoms. The molecule has 0 aromatic carbocycles. The summed E-state index contributed by atoms with van der Waals surface area (Å²) in [6, 6.07) is 0. The van der Waals surface area contributed by atoms with Crippen LogP contribution in [0.4, 0.5) is 0 Å². The lowest BCUT2D eigenvalue weighted by Crippen LogP contribution is -2.20. The van der Waals surface area contributed by atoms with Crippen molar-refractivity contribution in [1.82, 2.24) is 5.32 Å². The fourth-order valence-corrected chi connectivity index (χ4v) is 0.860. The molecule has 0 unspecified atom stereocenters. The van der Waals surface area contributed by atoms with Crippen molar-refractivity contribution >= 4 is 16.0 Å². The standard InChI is InChI=1S/C6H12N2O4S/c1-5(6(7)9)4-8-2-3-13(10,11)12/h4,8H,2-3H2,1H3,(H2,7,9)(H,10,11,12). The Bertz CT molecular complexity index is 307. The van der Waals surface area contributed by atoms with Gasteiger partial charge in [0.15, 0.2) is 0 Å². The molecule has 13 heavy (non-hydrogen) atoms. The van der Waals surface area contributed by atoms with E-state index in [1.807, 2.05) is 0 Å². The molecule has 76 valence electrons. The van der Waals surface area contributed by atoms with Crippen molar-refractivity contribution in [3.63, 3.8) is 0 Å². The largest absolute Gasteiger partial charge is 0.389 e. The summed E-state index contributed by atoms with van der Waals surface area (Å²) < 4.78 is 28.7. The molecule has 7 heteroatoms. The van der Waals surface area contributed by atoms with Gasteiger partial charge < -0.3 is 11.1 Å². The van der Waals surface area contributed by atoms with Gasteiger partial charge in [-0.2, -0.15) is 8.42 Å². The molecule has 0 aliphatic rings. The van der Waals surface area contributed by atoms with Crippen LogP contribution in [0.15, 0.2) is 11.8 Å². The van der Waals surface area contributed by atoms with Gasteiger partial charge in [-0.1, -0.05) is 0 Å². The first kappa shape index (κ1) is 11.9. The number of nitrogens with one attached hydrogen (secondary N) is 1. The van der Waals surface area contributed by atoms with E-state index in [2.05, 4.69) is 5.32 Å². The van der Waals surface area contributed by atoms with E-state index in [0.29, 0.717) is 0 Å². The minimum absolute atomic E-state index is 0.0312. The summed E-state index contributed by atoms with van der Waals surface area (Å²) in [7, 11) is -3.95. The van der Waals surface area contributed by atoms with E-state index in [1.165, 1.54) is 13.1 Å². The third-order valence-electron chi connectivity index (χ3n) is 1.21. The average Bonchev–Trinajstić information content (AvgIpc) is 1.95. The topological polar surface area (TPSA) is 109 Å². The van der Waals surface area contributed by atoms with Gasteiger partial charge in [-0.3, -0.25) is 9.35 Å². The summed E-state index contributed by atoms with van der Waals surface area (Å²) in [6.45, 7) is 1.52. The molecule has 6 nitrogen and oxygen atoms in total. The number of carbonyl (C=O) groups excluding carboxylic acids is 1. The Hall–Kier alpha value is -1.08. The van der Waals surface area contributed by atoms with Gasteiger partial charge in [0.2, 0.25) is 5.91 Å². The highest BCUT2D eigenvalue weighted by molar-refractivity contribution is 7.85. The second kappa shape index (κ2) is 4.83. The van der Waals surface area contributed by atoms with Crippen LogP contribution in [0, 0.1) is 0 Å². The Morgan fingerprint density at radius 2 is 2.15 bits per heavy atom. The van der Waals surface area contributed by atoms with E-state index in [0.717, 1.165) is 0 Å². The molecule has 0 radical (unpaired) electrons. The van der Waals surface area contributed by atoms with E-state index in [4.69, 9.17) is 10.3 Å². The zero-order valence-corrected chi connectivity index (χ0v) is 7.97. The molecular formula is C6H12N2O4S. The summed E-state index contributed by atoms with van der Waals surface area (Å²) >= 11 is 0. The van der Waals surface area contributed by atoms with E-state index in [-0.39, 0.29) is 12.1 Å². The van der Waals surface area contributed by atoms with Crippen LogP contribution in [0.5, 0.6) is 0 Å². The van der Waals surface area contributed by atoms with Crippen molar-refractivity contribution in [2.45, 2.75) is 6.92 Å². The molecule has 0 heterocycles. The summed E-state index contributed by atoms with van der Waals surface area (Å²) in [6.07, 6.45) is 1.30. The van der Waals surface area contributed by atoms with E-state index in [1.54, 1.807) is 0 Å². The van der Waals surface area contributed by atoms with Crippen molar-refractivity contribution < 1.29 is 17.8 Å². The van der Waals surface area contributed by atoms with Gasteiger partial charge >= 0.3 is 0 Å². The van der Waals surface area contributed by atoms with E-state index >= 15 is 0 Å². The third kappa shape index (κ3) is 7.29. The normalized spacial score (nSPS) is 12.6. The summed E-state index contributed by atoms with van der Waals surface area (Å²) in [4.78, 5) is 10.4. The van der Waals surface area contributed by atoms with E-state index in [9.17, 15) is 13.2 Å². The minimum Gasteiger partial charge on any atom is -0.389 e. The van der Waals surface area contributed by atoms with Crippen molar-refractivity contribution in [2.75, 3.05) is 12.3 Å². The maximum atomic E-state index is 10.4. The molecule has 0 rings (SSSR count). The maximum absolute atomic E-state index is 10.4. The van der Waals surface area contributed by atoms with Crippen LogP contribution in [0.25, 0.3) is 0 Å². The smallest absolute Gasteiger partial charge is 0.266 e. The SMILES string of the molecule is CC(=CNCCS(=O)(=O)O)C(N)=O. The molecule has 0 aliphatic heterocycles. The fraction of sp³-hybridized carbons (Fsp3) is 0.500. The molecule has 0 atom stereocenters. The van der Waals surface area contributed by atoms with Crippen LogP contribution in [-0.2, 0) is 14.9 Å². The van der Waals surface area contributed by atoms with Gasteiger partial charge in [0.1, 0.15) is 0 Å². The van der Waals surface area contributed by atoms with Crippen molar-refractivity contribution in [1.29, 1.82) is 0 Å². The number of hydrogen-bond acceptors (Lipinski definition) is 4. The second-order valence-corrected chi connectivity index (χ2v) is 4.00. The van der Waals surface area contributed by atoms with E-state index < -0.39 is 21.8 Å². The third-order valence-corrected chi connectivity index (χ3v) is 1.93.